The Labute approximate surface area is 164 Å². The number of amides is 2. The van der Waals surface area contributed by atoms with Crippen LogP contribution in [0, 0.1) is 5.92 Å². The summed E-state index contributed by atoms with van der Waals surface area (Å²) in [5.74, 6) is -6.62. The summed E-state index contributed by atoms with van der Waals surface area (Å²) in [6.45, 7) is -2.02. The number of hydrogen-bond acceptors (Lipinski definition) is 4. The molecule has 1 fully saturated rings. The van der Waals surface area contributed by atoms with E-state index in [9.17, 15) is 45.5 Å². The SMILES string of the molecule is O=C(O)CNC(=O)C1C(=O)CCN(Cc2ccc(C(F)(F)F)cc2C(F)(F)F)C1=O. The molecule has 13 heteroatoms. The Morgan fingerprint density at radius 2 is 1.73 bits per heavy atom. The van der Waals surface area contributed by atoms with Crippen LogP contribution in [0.25, 0.3) is 0 Å². The summed E-state index contributed by atoms with van der Waals surface area (Å²) in [5.41, 5.74) is -3.78. The van der Waals surface area contributed by atoms with Crippen molar-refractivity contribution in [1.29, 1.82) is 0 Å². The first-order valence-corrected chi connectivity index (χ1v) is 8.30. The first kappa shape index (κ1) is 23.2. The van der Waals surface area contributed by atoms with Crippen molar-refractivity contribution in [3.05, 3.63) is 34.9 Å². The Bertz CT molecular complexity index is 880. The first-order valence-electron chi connectivity index (χ1n) is 8.30. The number of nitrogens with zero attached hydrogens (tertiary/aromatic N) is 1. The lowest BCUT2D eigenvalue weighted by atomic mass is 9.93. The van der Waals surface area contributed by atoms with Crippen molar-refractivity contribution in [2.45, 2.75) is 25.3 Å². The van der Waals surface area contributed by atoms with Crippen molar-refractivity contribution < 1.29 is 50.6 Å². The van der Waals surface area contributed by atoms with E-state index in [2.05, 4.69) is 0 Å². The molecule has 0 aliphatic carbocycles. The summed E-state index contributed by atoms with van der Waals surface area (Å²) in [6.07, 6.45) is -10.6. The molecule has 1 atom stereocenters. The van der Waals surface area contributed by atoms with Gasteiger partial charge in [0.15, 0.2) is 11.7 Å². The maximum absolute atomic E-state index is 13.3. The van der Waals surface area contributed by atoms with Crippen LogP contribution in [0.15, 0.2) is 18.2 Å². The molecule has 2 amide bonds. The second-order valence-corrected chi connectivity index (χ2v) is 6.39. The molecule has 1 heterocycles. The zero-order valence-electron chi connectivity index (χ0n) is 14.9. The van der Waals surface area contributed by atoms with Gasteiger partial charge in [0.25, 0.3) is 0 Å². The summed E-state index contributed by atoms with van der Waals surface area (Å²) in [5, 5.41) is 10.4. The van der Waals surface area contributed by atoms with Gasteiger partial charge in [0.1, 0.15) is 6.54 Å². The van der Waals surface area contributed by atoms with Gasteiger partial charge < -0.3 is 15.3 Å². The van der Waals surface area contributed by atoms with Crippen LogP contribution in [0.1, 0.15) is 23.1 Å². The first-order chi connectivity index (χ1) is 13.7. The fourth-order valence-corrected chi connectivity index (χ4v) is 2.86. The number of halogens is 6. The van der Waals surface area contributed by atoms with E-state index >= 15 is 0 Å². The summed E-state index contributed by atoms with van der Waals surface area (Å²) in [7, 11) is 0. The highest BCUT2D eigenvalue weighted by atomic mass is 19.4. The van der Waals surface area contributed by atoms with Crippen LogP contribution in [0.3, 0.4) is 0 Å². The van der Waals surface area contributed by atoms with E-state index in [0.29, 0.717) is 12.1 Å². The maximum Gasteiger partial charge on any atom is 0.416 e. The number of rotatable bonds is 5. The van der Waals surface area contributed by atoms with Gasteiger partial charge in [-0.2, -0.15) is 26.3 Å². The van der Waals surface area contributed by atoms with E-state index in [1.807, 2.05) is 5.32 Å². The number of likely N-dealkylation sites (tertiary alicyclic amines) is 1. The molecule has 1 aromatic carbocycles. The zero-order chi connectivity index (χ0) is 22.9. The summed E-state index contributed by atoms with van der Waals surface area (Å²) in [4.78, 5) is 47.6. The minimum absolute atomic E-state index is 0.0774. The molecule has 2 N–H and O–H groups in total. The largest absolute Gasteiger partial charge is 0.480 e. The molecular weight excluding hydrogens is 426 g/mol. The average molecular weight is 440 g/mol. The van der Waals surface area contributed by atoms with Crippen molar-refractivity contribution in [3.8, 4) is 0 Å². The van der Waals surface area contributed by atoms with Crippen LogP contribution >= 0.6 is 0 Å². The number of ketones is 1. The van der Waals surface area contributed by atoms with Gasteiger partial charge in [0.2, 0.25) is 11.8 Å². The summed E-state index contributed by atoms with van der Waals surface area (Å²) in [6, 6.07) is 0.933. The Kier molecular flexibility index (Phi) is 6.42. The van der Waals surface area contributed by atoms with Crippen molar-refractivity contribution in [3.63, 3.8) is 0 Å². The highest BCUT2D eigenvalue weighted by Gasteiger charge is 2.42. The number of carbonyl (C=O) groups excluding carboxylic acids is 3. The molecule has 1 unspecified atom stereocenters. The highest BCUT2D eigenvalue weighted by Crippen LogP contribution is 2.38. The van der Waals surface area contributed by atoms with Gasteiger partial charge in [-0.1, -0.05) is 6.07 Å². The van der Waals surface area contributed by atoms with Crippen molar-refractivity contribution in [2.75, 3.05) is 13.1 Å². The van der Waals surface area contributed by atoms with Crippen LogP contribution in [0.4, 0.5) is 26.3 Å². The second kappa shape index (κ2) is 8.32. The van der Waals surface area contributed by atoms with Gasteiger partial charge in [-0.05, 0) is 17.7 Å². The summed E-state index contributed by atoms with van der Waals surface area (Å²) < 4.78 is 78.1. The predicted octanol–water partition coefficient (Wildman–Crippen LogP) is 1.84. The minimum atomic E-state index is -5.15. The van der Waals surface area contributed by atoms with Crippen LogP contribution in [-0.4, -0.2) is 46.7 Å². The van der Waals surface area contributed by atoms with Crippen LogP contribution < -0.4 is 5.32 Å². The molecule has 0 spiro atoms. The van der Waals surface area contributed by atoms with Crippen LogP contribution in [-0.2, 0) is 38.1 Å². The number of piperidine rings is 1. The Hall–Kier alpha value is -3.12. The monoisotopic (exact) mass is 440 g/mol. The number of carboxylic acid groups (broad SMARTS) is 1. The maximum atomic E-state index is 13.3. The third-order valence-corrected chi connectivity index (χ3v) is 4.29. The number of Topliss-reactive ketones (excluding diaryl/α,β-unsaturated/α-hetero) is 1. The van der Waals surface area contributed by atoms with Gasteiger partial charge in [-0.25, -0.2) is 0 Å². The van der Waals surface area contributed by atoms with Gasteiger partial charge in [0, 0.05) is 19.5 Å². The Morgan fingerprint density at radius 1 is 1.10 bits per heavy atom. The Morgan fingerprint density at radius 3 is 2.27 bits per heavy atom. The molecule has 0 saturated carbocycles. The molecule has 0 radical (unpaired) electrons. The number of carbonyl (C=O) groups is 4. The number of carboxylic acids is 1. The van der Waals surface area contributed by atoms with E-state index in [0.717, 1.165) is 4.90 Å². The third-order valence-electron chi connectivity index (χ3n) is 4.29. The molecule has 0 aromatic heterocycles. The van der Waals surface area contributed by atoms with E-state index < -0.39 is 71.6 Å². The molecular formula is C17H14F6N2O5. The smallest absolute Gasteiger partial charge is 0.416 e. The summed E-state index contributed by atoms with van der Waals surface area (Å²) >= 11 is 0. The van der Waals surface area contributed by atoms with Crippen molar-refractivity contribution >= 4 is 23.6 Å². The molecule has 30 heavy (non-hydrogen) atoms. The lowest BCUT2D eigenvalue weighted by Gasteiger charge is -2.31. The lowest BCUT2D eigenvalue weighted by Crippen LogP contribution is -2.52. The quantitative estimate of drug-likeness (QED) is 0.537. The standard InChI is InChI=1S/C17H14F6N2O5/c18-16(19,20)9-2-1-8(10(5-9)17(21,22)23)7-25-4-3-11(26)13(15(25)30)14(29)24-6-12(27)28/h1-2,5,13H,3-4,6-7H2,(H,24,29)(H,27,28). The molecule has 1 saturated heterocycles. The van der Waals surface area contributed by atoms with E-state index in [4.69, 9.17) is 5.11 Å². The van der Waals surface area contributed by atoms with E-state index in [-0.39, 0.29) is 19.0 Å². The Balaban J connectivity index is 2.31. The van der Waals surface area contributed by atoms with Crippen LogP contribution in [0.2, 0.25) is 0 Å². The number of nitrogens with one attached hydrogen (secondary N) is 1. The molecule has 164 valence electrons. The zero-order valence-corrected chi connectivity index (χ0v) is 14.9. The van der Waals surface area contributed by atoms with Crippen molar-refractivity contribution in [1.82, 2.24) is 10.2 Å². The fraction of sp³-hybridized carbons (Fsp3) is 0.412. The number of hydrogen-bond donors (Lipinski definition) is 2. The van der Waals surface area contributed by atoms with E-state index in [1.165, 1.54) is 0 Å². The van der Waals surface area contributed by atoms with Gasteiger partial charge in [0.05, 0.1) is 11.1 Å². The second-order valence-electron chi connectivity index (χ2n) is 6.39. The van der Waals surface area contributed by atoms with Gasteiger partial charge in [-0.15, -0.1) is 0 Å². The normalized spacial score (nSPS) is 17.8. The molecule has 0 bridgehead atoms. The number of alkyl halides is 6. The predicted molar refractivity (Wildman–Crippen MR) is 85.6 cm³/mol. The van der Waals surface area contributed by atoms with Crippen molar-refractivity contribution in [2.24, 2.45) is 5.92 Å². The fourth-order valence-electron chi connectivity index (χ4n) is 2.86. The molecule has 2 rings (SSSR count). The topological polar surface area (TPSA) is 104 Å². The molecule has 7 nitrogen and oxygen atoms in total. The van der Waals surface area contributed by atoms with Crippen LogP contribution in [0.5, 0.6) is 0 Å². The van der Waals surface area contributed by atoms with Gasteiger partial charge in [-0.3, -0.25) is 19.2 Å². The van der Waals surface area contributed by atoms with Gasteiger partial charge >= 0.3 is 18.3 Å². The third kappa shape index (κ3) is 5.27. The molecule has 1 aromatic rings. The molecule has 1 aliphatic rings. The molecule has 1 aliphatic heterocycles. The highest BCUT2D eigenvalue weighted by molar-refractivity contribution is 6.19. The minimum Gasteiger partial charge on any atom is -0.480 e. The number of benzene rings is 1. The van der Waals surface area contributed by atoms with E-state index in [1.54, 1.807) is 0 Å². The lowest BCUT2D eigenvalue weighted by molar-refractivity contribution is -0.153. The number of aliphatic carboxylic acids is 1. The average Bonchev–Trinajstić information content (AvgIpc) is 2.61.